The van der Waals surface area contributed by atoms with Crippen LogP contribution in [-0.4, -0.2) is 12.2 Å². The zero-order chi connectivity index (χ0) is 15.4. The third kappa shape index (κ3) is 2.90. The summed E-state index contributed by atoms with van der Waals surface area (Å²) in [7, 11) is 1.62. The largest absolute Gasteiger partial charge is 0.493 e. The number of aliphatic hydroxyl groups is 1. The summed E-state index contributed by atoms with van der Waals surface area (Å²) in [6.07, 6.45) is 0. The summed E-state index contributed by atoms with van der Waals surface area (Å²) in [4.78, 5) is 0. The first-order chi connectivity index (χ1) is 10.8. The Hall–Kier alpha value is -2.52. The maximum atomic E-state index is 9.45. The highest BCUT2D eigenvalue weighted by Gasteiger charge is 2.09. The lowest BCUT2D eigenvalue weighted by Gasteiger charge is -2.13. The van der Waals surface area contributed by atoms with Crippen molar-refractivity contribution in [3.63, 3.8) is 0 Å². The molecule has 3 aromatic rings. The molecule has 0 heterocycles. The minimum Gasteiger partial charge on any atom is -0.493 e. The van der Waals surface area contributed by atoms with Gasteiger partial charge in [-0.1, -0.05) is 48.5 Å². The molecule has 0 atom stereocenters. The Kier molecular flexibility index (Phi) is 4.26. The first-order valence-corrected chi connectivity index (χ1v) is 7.19. The fourth-order valence-electron chi connectivity index (χ4n) is 2.49. The molecular formula is C19H18O3. The predicted molar refractivity (Wildman–Crippen MR) is 87.2 cm³/mol. The number of benzene rings is 3. The molecule has 0 saturated carbocycles. The number of fused-ring (bicyclic) bond motifs is 1. The first-order valence-electron chi connectivity index (χ1n) is 7.19. The van der Waals surface area contributed by atoms with Crippen LogP contribution in [0.2, 0.25) is 0 Å². The lowest BCUT2D eigenvalue weighted by atomic mass is 10.0. The highest BCUT2D eigenvalue weighted by atomic mass is 16.5. The second kappa shape index (κ2) is 6.50. The van der Waals surface area contributed by atoms with Gasteiger partial charge in [0, 0.05) is 0 Å². The number of methoxy groups -OCH3 is 1. The van der Waals surface area contributed by atoms with Gasteiger partial charge in [-0.2, -0.15) is 0 Å². The summed E-state index contributed by atoms with van der Waals surface area (Å²) in [5.74, 6) is 1.37. The molecule has 0 fully saturated rings. The molecule has 3 nitrogen and oxygen atoms in total. The van der Waals surface area contributed by atoms with E-state index in [0.29, 0.717) is 18.1 Å². The van der Waals surface area contributed by atoms with Gasteiger partial charge in [-0.25, -0.2) is 0 Å². The van der Waals surface area contributed by atoms with Gasteiger partial charge in [0.25, 0.3) is 0 Å². The zero-order valence-corrected chi connectivity index (χ0v) is 12.5. The van der Waals surface area contributed by atoms with E-state index in [0.717, 1.165) is 21.9 Å². The molecule has 3 heteroatoms. The summed E-state index contributed by atoms with van der Waals surface area (Å²) in [6, 6.07) is 19.7. The van der Waals surface area contributed by atoms with Crippen LogP contribution in [0.4, 0.5) is 0 Å². The molecule has 1 N–H and O–H groups in total. The topological polar surface area (TPSA) is 38.7 Å². The zero-order valence-electron chi connectivity index (χ0n) is 12.5. The normalized spacial score (nSPS) is 10.6. The van der Waals surface area contributed by atoms with Gasteiger partial charge in [-0.3, -0.25) is 0 Å². The van der Waals surface area contributed by atoms with E-state index in [-0.39, 0.29) is 6.61 Å². The van der Waals surface area contributed by atoms with Crippen LogP contribution in [0, 0.1) is 0 Å². The number of hydrogen-bond donors (Lipinski definition) is 1. The van der Waals surface area contributed by atoms with Crippen LogP contribution in [0.25, 0.3) is 10.8 Å². The van der Waals surface area contributed by atoms with Crippen molar-refractivity contribution in [2.75, 3.05) is 7.11 Å². The molecule has 0 aliphatic heterocycles. The minimum absolute atomic E-state index is 0.00468. The van der Waals surface area contributed by atoms with Gasteiger partial charge in [0.1, 0.15) is 6.61 Å². The van der Waals surface area contributed by atoms with Gasteiger partial charge >= 0.3 is 0 Å². The first kappa shape index (κ1) is 14.4. The van der Waals surface area contributed by atoms with Crippen molar-refractivity contribution in [2.24, 2.45) is 0 Å². The Bertz CT molecular complexity index is 766. The maximum absolute atomic E-state index is 9.45. The Balaban J connectivity index is 1.95. The lowest BCUT2D eigenvalue weighted by Crippen LogP contribution is -1.98. The van der Waals surface area contributed by atoms with Crippen LogP contribution in [0.3, 0.4) is 0 Å². The molecule has 0 saturated heterocycles. The predicted octanol–water partition coefficient (Wildman–Crippen LogP) is 3.92. The molecule has 0 aromatic heterocycles. The van der Waals surface area contributed by atoms with Crippen LogP contribution in [0.5, 0.6) is 11.5 Å². The van der Waals surface area contributed by atoms with Crippen LogP contribution in [-0.2, 0) is 13.2 Å². The van der Waals surface area contributed by atoms with Crippen molar-refractivity contribution < 1.29 is 14.6 Å². The molecule has 22 heavy (non-hydrogen) atoms. The fraction of sp³-hybridized carbons (Fsp3) is 0.158. The second-order valence-electron chi connectivity index (χ2n) is 5.07. The molecule has 0 radical (unpaired) electrons. The number of hydrogen-bond acceptors (Lipinski definition) is 3. The van der Waals surface area contributed by atoms with E-state index in [9.17, 15) is 5.11 Å². The SMILES string of the molecule is COc1cc2c(CO)cccc2cc1OCc1ccccc1. The highest BCUT2D eigenvalue weighted by molar-refractivity contribution is 5.88. The lowest BCUT2D eigenvalue weighted by molar-refractivity contribution is 0.282. The van der Waals surface area contributed by atoms with Gasteiger partial charge in [0.15, 0.2) is 11.5 Å². The fourth-order valence-corrected chi connectivity index (χ4v) is 2.49. The number of ether oxygens (including phenoxy) is 2. The van der Waals surface area contributed by atoms with Gasteiger partial charge in [0.2, 0.25) is 0 Å². The second-order valence-corrected chi connectivity index (χ2v) is 5.07. The van der Waals surface area contributed by atoms with Crippen molar-refractivity contribution in [3.05, 3.63) is 71.8 Å². The molecular weight excluding hydrogens is 276 g/mol. The summed E-state index contributed by atoms with van der Waals surface area (Å²) in [6.45, 7) is 0.493. The Labute approximate surface area is 129 Å². The molecule has 0 unspecified atom stereocenters. The van der Waals surface area contributed by atoms with Gasteiger partial charge in [-0.15, -0.1) is 0 Å². The minimum atomic E-state index is 0.00468. The molecule has 0 spiro atoms. The molecule has 0 aliphatic rings. The third-order valence-electron chi connectivity index (χ3n) is 3.66. The third-order valence-corrected chi connectivity index (χ3v) is 3.66. The molecule has 0 bridgehead atoms. The van der Waals surface area contributed by atoms with E-state index in [4.69, 9.17) is 9.47 Å². The monoisotopic (exact) mass is 294 g/mol. The van der Waals surface area contributed by atoms with Crippen LogP contribution < -0.4 is 9.47 Å². The van der Waals surface area contributed by atoms with Crippen LogP contribution in [0.15, 0.2) is 60.7 Å². The molecule has 3 aromatic carbocycles. The van der Waals surface area contributed by atoms with Crippen LogP contribution in [0.1, 0.15) is 11.1 Å². The van der Waals surface area contributed by atoms with E-state index in [2.05, 4.69) is 0 Å². The van der Waals surface area contributed by atoms with Crippen molar-refractivity contribution >= 4 is 10.8 Å². The Morgan fingerprint density at radius 2 is 1.73 bits per heavy atom. The van der Waals surface area contributed by atoms with E-state index < -0.39 is 0 Å². The van der Waals surface area contributed by atoms with Crippen molar-refractivity contribution in [1.29, 1.82) is 0 Å². The molecule has 0 aliphatic carbocycles. The van der Waals surface area contributed by atoms with Gasteiger partial charge < -0.3 is 14.6 Å². The van der Waals surface area contributed by atoms with Crippen molar-refractivity contribution in [3.8, 4) is 11.5 Å². The molecule has 112 valence electrons. The summed E-state index contributed by atoms with van der Waals surface area (Å²) in [5, 5.41) is 11.5. The van der Waals surface area contributed by atoms with E-state index in [1.165, 1.54) is 0 Å². The van der Waals surface area contributed by atoms with Crippen LogP contribution >= 0.6 is 0 Å². The van der Waals surface area contributed by atoms with E-state index in [1.54, 1.807) is 7.11 Å². The summed E-state index contributed by atoms with van der Waals surface area (Å²) < 4.78 is 11.3. The smallest absolute Gasteiger partial charge is 0.162 e. The van der Waals surface area contributed by atoms with Gasteiger partial charge in [0.05, 0.1) is 13.7 Å². The van der Waals surface area contributed by atoms with E-state index >= 15 is 0 Å². The van der Waals surface area contributed by atoms with Gasteiger partial charge in [-0.05, 0) is 34.0 Å². The Morgan fingerprint density at radius 1 is 0.909 bits per heavy atom. The molecule has 3 rings (SSSR count). The summed E-state index contributed by atoms with van der Waals surface area (Å²) >= 11 is 0. The quantitative estimate of drug-likeness (QED) is 0.775. The van der Waals surface area contributed by atoms with Crippen molar-refractivity contribution in [2.45, 2.75) is 13.2 Å². The Morgan fingerprint density at radius 3 is 2.45 bits per heavy atom. The average molecular weight is 294 g/mol. The number of aliphatic hydroxyl groups excluding tert-OH is 1. The number of rotatable bonds is 5. The maximum Gasteiger partial charge on any atom is 0.162 e. The van der Waals surface area contributed by atoms with Crippen molar-refractivity contribution in [1.82, 2.24) is 0 Å². The average Bonchev–Trinajstić information content (AvgIpc) is 2.59. The summed E-state index contributed by atoms with van der Waals surface area (Å²) in [5.41, 5.74) is 1.99. The van der Waals surface area contributed by atoms with E-state index in [1.807, 2.05) is 60.7 Å². The standard InChI is InChI=1S/C19H18O3/c1-21-18-11-17-15(8-5-9-16(17)12-20)10-19(18)22-13-14-6-3-2-4-7-14/h2-11,20H,12-13H2,1H3. The highest BCUT2D eigenvalue weighted by Crippen LogP contribution is 2.34. The molecule has 0 amide bonds.